The lowest BCUT2D eigenvalue weighted by Gasteiger charge is -2.09. The summed E-state index contributed by atoms with van der Waals surface area (Å²) in [4.78, 5) is 12.6. The minimum atomic E-state index is -0.173. The van der Waals surface area contributed by atoms with Crippen LogP contribution in [0.2, 0.25) is 0 Å². The smallest absolute Gasteiger partial charge is 0.204 e. The number of nitrogens with two attached hydrogens (primary N) is 1. The van der Waals surface area contributed by atoms with Gasteiger partial charge in [0.2, 0.25) is 5.43 Å². The Morgan fingerprint density at radius 3 is 2.55 bits per heavy atom. The molecule has 1 heterocycles. The van der Waals surface area contributed by atoms with Crippen LogP contribution in [0.15, 0.2) is 39.5 Å². The molecule has 0 radical (unpaired) electrons. The van der Waals surface area contributed by atoms with Gasteiger partial charge in [-0.25, -0.2) is 0 Å². The van der Waals surface area contributed by atoms with Gasteiger partial charge in [0.25, 0.3) is 0 Å². The SMILES string of the molecule is COc1cc(OC)c2c(=O)c3cc(N)ccc3oc2c1. The summed E-state index contributed by atoms with van der Waals surface area (Å²) in [7, 11) is 3.04. The molecule has 0 fully saturated rings. The average Bonchev–Trinajstić information content (AvgIpc) is 2.47. The van der Waals surface area contributed by atoms with Gasteiger partial charge in [-0.1, -0.05) is 0 Å². The van der Waals surface area contributed by atoms with Crippen LogP contribution < -0.4 is 20.6 Å². The van der Waals surface area contributed by atoms with E-state index < -0.39 is 0 Å². The van der Waals surface area contributed by atoms with Crippen LogP contribution in [0.1, 0.15) is 0 Å². The molecule has 0 atom stereocenters. The lowest BCUT2D eigenvalue weighted by molar-refractivity contribution is 0.396. The highest BCUT2D eigenvalue weighted by Gasteiger charge is 2.14. The molecule has 0 spiro atoms. The molecule has 0 aliphatic carbocycles. The van der Waals surface area contributed by atoms with Gasteiger partial charge in [0, 0.05) is 17.8 Å². The summed E-state index contributed by atoms with van der Waals surface area (Å²) in [6, 6.07) is 8.28. The first kappa shape index (κ1) is 12.3. The van der Waals surface area contributed by atoms with Crippen molar-refractivity contribution in [2.75, 3.05) is 20.0 Å². The molecule has 0 aliphatic rings. The maximum absolute atomic E-state index is 12.6. The first-order valence-corrected chi connectivity index (χ1v) is 6.02. The summed E-state index contributed by atoms with van der Waals surface area (Å²) in [6.45, 7) is 0. The highest BCUT2D eigenvalue weighted by molar-refractivity contribution is 5.94. The van der Waals surface area contributed by atoms with Gasteiger partial charge in [-0.15, -0.1) is 0 Å². The highest BCUT2D eigenvalue weighted by Crippen LogP contribution is 2.31. The van der Waals surface area contributed by atoms with Crippen LogP contribution in [0, 0.1) is 0 Å². The van der Waals surface area contributed by atoms with Crippen LogP contribution in [-0.2, 0) is 0 Å². The Balaban J connectivity index is 2.52. The Morgan fingerprint density at radius 2 is 1.85 bits per heavy atom. The summed E-state index contributed by atoms with van der Waals surface area (Å²) >= 11 is 0. The van der Waals surface area contributed by atoms with E-state index in [0.717, 1.165) is 0 Å². The van der Waals surface area contributed by atoms with Crippen molar-refractivity contribution in [3.8, 4) is 11.5 Å². The van der Waals surface area contributed by atoms with Gasteiger partial charge in [-0.3, -0.25) is 4.79 Å². The molecule has 0 aliphatic heterocycles. The first-order valence-electron chi connectivity index (χ1n) is 6.02. The zero-order valence-electron chi connectivity index (χ0n) is 11.1. The van der Waals surface area contributed by atoms with E-state index in [-0.39, 0.29) is 5.43 Å². The van der Waals surface area contributed by atoms with Crippen LogP contribution in [0.3, 0.4) is 0 Å². The van der Waals surface area contributed by atoms with E-state index in [2.05, 4.69) is 0 Å². The van der Waals surface area contributed by atoms with E-state index in [0.29, 0.717) is 39.1 Å². The second-order valence-electron chi connectivity index (χ2n) is 4.39. The Morgan fingerprint density at radius 1 is 1.05 bits per heavy atom. The van der Waals surface area contributed by atoms with E-state index in [1.54, 1.807) is 37.4 Å². The zero-order chi connectivity index (χ0) is 14.3. The number of rotatable bonds is 2. The Kier molecular flexibility index (Phi) is 2.75. The van der Waals surface area contributed by atoms with Gasteiger partial charge in [-0.05, 0) is 18.2 Å². The first-order chi connectivity index (χ1) is 9.63. The Hall–Kier alpha value is -2.69. The Bertz CT molecular complexity index is 867. The minimum absolute atomic E-state index is 0.173. The fourth-order valence-corrected chi connectivity index (χ4v) is 2.22. The lowest BCUT2D eigenvalue weighted by Crippen LogP contribution is -2.05. The van der Waals surface area contributed by atoms with Gasteiger partial charge in [0.15, 0.2) is 0 Å². The number of anilines is 1. The van der Waals surface area contributed by atoms with Crippen LogP contribution >= 0.6 is 0 Å². The van der Waals surface area contributed by atoms with E-state index in [4.69, 9.17) is 19.6 Å². The number of benzene rings is 2. The molecule has 0 bridgehead atoms. The molecule has 0 unspecified atom stereocenters. The summed E-state index contributed by atoms with van der Waals surface area (Å²) in [5, 5.41) is 0.812. The van der Waals surface area contributed by atoms with Crippen LogP contribution in [0.5, 0.6) is 11.5 Å². The number of fused-ring (bicyclic) bond motifs is 2. The molecule has 2 N–H and O–H groups in total. The fraction of sp³-hybridized carbons (Fsp3) is 0.133. The molecule has 1 aromatic heterocycles. The normalized spacial score (nSPS) is 10.9. The van der Waals surface area contributed by atoms with Crippen molar-refractivity contribution >= 4 is 27.6 Å². The third-order valence-corrected chi connectivity index (χ3v) is 3.19. The van der Waals surface area contributed by atoms with Gasteiger partial charge in [0.05, 0.1) is 19.6 Å². The minimum Gasteiger partial charge on any atom is -0.496 e. The van der Waals surface area contributed by atoms with Crippen molar-refractivity contribution in [1.82, 2.24) is 0 Å². The molecule has 5 heteroatoms. The van der Waals surface area contributed by atoms with E-state index in [9.17, 15) is 4.79 Å². The van der Waals surface area contributed by atoms with Crippen molar-refractivity contribution in [2.45, 2.75) is 0 Å². The summed E-state index contributed by atoms with van der Waals surface area (Å²) in [5.74, 6) is 0.977. The largest absolute Gasteiger partial charge is 0.496 e. The second-order valence-corrected chi connectivity index (χ2v) is 4.39. The standard InChI is InChI=1S/C15H13NO4/c1-18-9-6-12(19-2)14-13(7-9)20-11-4-3-8(16)5-10(11)15(14)17/h3-7H,16H2,1-2H3. The summed E-state index contributed by atoms with van der Waals surface area (Å²) in [5.41, 5.74) is 6.96. The van der Waals surface area contributed by atoms with E-state index in [1.807, 2.05) is 0 Å². The molecular formula is C15H13NO4. The van der Waals surface area contributed by atoms with Crippen LogP contribution in [0.4, 0.5) is 5.69 Å². The fourth-order valence-electron chi connectivity index (χ4n) is 2.22. The molecule has 0 amide bonds. The van der Waals surface area contributed by atoms with Gasteiger partial charge >= 0.3 is 0 Å². The highest BCUT2D eigenvalue weighted by atomic mass is 16.5. The molecule has 20 heavy (non-hydrogen) atoms. The van der Waals surface area contributed by atoms with Crippen molar-refractivity contribution in [1.29, 1.82) is 0 Å². The molecule has 102 valence electrons. The number of ether oxygens (including phenoxy) is 2. The predicted molar refractivity (Wildman–Crippen MR) is 77.5 cm³/mol. The summed E-state index contributed by atoms with van der Waals surface area (Å²) in [6.07, 6.45) is 0. The lowest BCUT2D eigenvalue weighted by atomic mass is 10.1. The van der Waals surface area contributed by atoms with Crippen LogP contribution in [-0.4, -0.2) is 14.2 Å². The quantitative estimate of drug-likeness (QED) is 0.572. The van der Waals surface area contributed by atoms with Crippen molar-refractivity contribution < 1.29 is 13.9 Å². The number of methoxy groups -OCH3 is 2. The van der Waals surface area contributed by atoms with Crippen molar-refractivity contribution in [3.63, 3.8) is 0 Å². The molecule has 2 aromatic carbocycles. The van der Waals surface area contributed by atoms with Crippen molar-refractivity contribution in [2.24, 2.45) is 0 Å². The zero-order valence-corrected chi connectivity index (χ0v) is 11.1. The molecule has 3 rings (SSSR count). The third-order valence-electron chi connectivity index (χ3n) is 3.19. The number of hydrogen-bond acceptors (Lipinski definition) is 5. The monoisotopic (exact) mass is 271 g/mol. The van der Waals surface area contributed by atoms with Gasteiger partial charge in [-0.2, -0.15) is 0 Å². The topological polar surface area (TPSA) is 74.7 Å². The molecular weight excluding hydrogens is 258 g/mol. The summed E-state index contributed by atoms with van der Waals surface area (Å²) < 4.78 is 16.2. The average molecular weight is 271 g/mol. The van der Waals surface area contributed by atoms with Gasteiger partial charge in [0.1, 0.15) is 28.1 Å². The molecule has 0 saturated heterocycles. The van der Waals surface area contributed by atoms with Gasteiger partial charge < -0.3 is 19.6 Å². The second kappa shape index (κ2) is 4.45. The number of hydrogen-bond donors (Lipinski definition) is 1. The van der Waals surface area contributed by atoms with Crippen molar-refractivity contribution in [3.05, 3.63) is 40.6 Å². The molecule has 5 nitrogen and oxygen atoms in total. The van der Waals surface area contributed by atoms with Crippen LogP contribution in [0.25, 0.3) is 21.9 Å². The van der Waals surface area contributed by atoms with E-state index in [1.165, 1.54) is 7.11 Å². The predicted octanol–water partition coefficient (Wildman–Crippen LogP) is 2.55. The maximum atomic E-state index is 12.6. The molecule has 3 aromatic rings. The maximum Gasteiger partial charge on any atom is 0.204 e. The Labute approximate surface area is 114 Å². The number of nitrogen functional groups attached to an aromatic ring is 1. The van der Waals surface area contributed by atoms with E-state index >= 15 is 0 Å². The third kappa shape index (κ3) is 1.75. The molecule has 0 saturated carbocycles.